The molecule has 144 valence electrons. The number of phenols is 1. The van der Waals surface area contributed by atoms with E-state index in [-0.39, 0.29) is 17.7 Å². The van der Waals surface area contributed by atoms with Crippen LogP contribution in [-0.2, 0) is 11.3 Å². The second-order valence-electron chi connectivity index (χ2n) is 7.23. The van der Waals surface area contributed by atoms with E-state index in [2.05, 4.69) is 10.3 Å². The number of nitrogens with zero attached hydrogens (tertiary/aromatic N) is 2. The zero-order chi connectivity index (χ0) is 19.1. The van der Waals surface area contributed by atoms with Crippen molar-refractivity contribution in [3.8, 4) is 22.1 Å². The van der Waals surface area contributed by atoms with Crippen molar-refractivity contribution in [3.05, 3.63) is 42.0 Å². The number of amides is 1. The molecule has 5 rings (SSSR count). The van der Waals surface area contributed by atoms with Crippen LogP contribution in [0.3, 0.4) is 0 Å². The van der Waals surface area contributed by atoms with Crippen LogP contribution in [0.4, 0.5) is 0 Å². The molecule has 0 unspecified atom stereocenters. The maximum Gasteiger partial charge on any atom is 0.240 e. The van der Waals surface area contributed by atoms with Gasteiger partial charge >= 0.3 is 0 Å². The normalized spacial score (nSPS) is 19.3. The van der Waals surface area contributed by atoms with Crippen molar-refractivity contribution >= 4 is 27.5 Å². The molecule has 0 radical (unpaired) electrons. The number of aromatic hydroxyl groups is 1. The number of ether oxygens (including phenoxy) is 1. The Hall–Kier alpha value is -2.64. The predicted molar refractivity (Wildman–Crippen MR) is 109 cm³/mol. The first-order chi connectivity index (χ1) is 13.7. The van der Waals surface area contributed by atoms with Crippen molar-refractivity contribution in [2.24, 2.45) is 0 Å². The average molecular weight is 395 g/mol. The molecule has 2 N–H and O–H groups in total. The molecule has 3 heterocycles. The van der Waals surface area contributed by atoms with E-state index in [1.165, 1.54) is 0 Å². The van der Waals surface area contributed by atoms with E-state index in [0.717, 1.165) is 45.7 Å². The topological polar surface area (TPSA) is 74.7 Å². The first-order valence-corrected chi connectivity index (χ1v) is 10.4. The summed E-state index contributed by atoms with van der Waals surface area (Å²) in [5.41, 5.74) is 2.60. The van der Waals surface area contributed by atoms with Crippen molar-refractivity contribution < 1.29 is 14.6 Å². The maximum atomic E-state index is 12.9. The molecule has 0 aliphatic carbocycles. The fourth-order valence-electron chi connectivity index (χ4n) is 3.92. The van der Waals surface area contributed by atoms with Crippen LogP contribution in [0.5, 0.6) is 11.5 Å². The molecular formula is C21H21N3O3S. The lowest BCUT2D eigenvalue weighted by molar-refractivity contribution is -0.133. The van der Waals surface area contributed by atoms with Gasteiger partial charge in [-0.2, -0.15) is 0 Å². The summed E-state index contributed by atoms with van der Waals surface area (Å²) < 4.78 is 6.89. The minimum Gasteiger partial charge on any atom is -0.504 e. The van der Waals surface area contributed by atoms with Gasteiger partial charge in [0.05, 0.1) is 22.8 Å². The van der Waals surface area contributed by atoms with Crippen LogP contribution in [0.25, 0.3) is 20.8 Å². The van der Waals surface area contributed by atoms with E-state index < -0.39 is 0 Å². The molecule has 1 amide bonds. The van der Waals surface area contributed by atoms with Crippen LogP contribution in [0, 0.1) is 0 Å². The highest BCUT2D eigenvalue weighted by Crippen LogP contribution is 2.39. The summed E-state index contributed by atoms with van der Waals surface area (Å²) >= 11 is 1.59. The largest absolute Gasteiger partial charge is 0.504 e. The lowest BCUT2D eigenvalue weighted by atomic mass is 10.1. The summed E-state index contributed by atoms with van der Waals surface area (Å²) in [6.45, 7) is 2.21. The van der Waals surface area contributed by atoms with Crippen molar-refractivity contribution in [2.45, 2.75) is 25.4 Å². The van der Waals surface area contributed by atoms with Gasteiger partial charge in [0, 0.05) is 17.7 Å². The molecule has 0 saturated carbocycles. The van der Waals surface area contributed by atoms with E-state index >= 15 is 0 Å². The number of phenolic OH excluding ortho intramolecular Hbond substituents is 1. The van der Waals surface area contributed by atoms with E-state index in [1.807, 2.05) is 35.2 Å². The first-order valence-electron chi connectivity index (χ1n) is 9.56. The number of carbonyl (C=O) groups excluding carboxylic acids is 1. The van der Waals surface area contributed by atoms with Crippen LogP contribution in [0.15, 0.2) is 36.4 Å². The molecule has 1 atom stereocenters. The monoisotopic (exact) mass is 395 g/mol. The van der Waals surface area contributed by atoms with Gasteiger partial charge in [0.2, 0.25) is 5.91 Å². The Labute approximate surface area is 166 Å². The maximum absolute atomic E-state index is 12.9. The van der Waals surface area contributed by atoms with Gasteiger partial charge in [0.15, 0.2) is 11.5 Å². The van der Waals surface area contributed by atoms with Gasteiger partial charge in [-0.1, -0.05) is 12.1 Å². The fourth-order valence-corrected chi connectivity index (χ4v) is 4.87. The Morgan fingerprint density at radius 2 is 2.21 bits per heavy atom. The van der Waals surface area contributed by atoms with Crippen LogP contribution in [0.1, 0.15) is 18.4 Å². The highest BCUT2D eigenvalue weighted by Gasteiger charge is 2.29. The van der Waals surface area contributed by atoms with Crippen molar-refractivity contribution in [3.63, 3.8) is 0 Å². The second-order valence-corrected chi connectivity index (χ2v) is 8.26. The van der Waals surface area contributed by atoms with Crippen LogP contribution in [0.2, 0.25) is 0 Å². The molecular weight excluding hydrogens is 374 g/mol. The second kappa shape index (κ2) is 7.07. The summed E-state index contributed by atoms with van der Waals surface area (Å²) in [5, 5.41) is 14.7. The molecule has 28 heavy (non-hydrogen) atoms. The smallest absolute Gasteiger partial charge is 0.240 e. The SMILES string of the molecule is O=C([C@@H]1CCCN1)N1CCOc2c(O)cc(-c3nc4ccccc4s3)cc2C1. The number of fused-ring (bicyclic) bond motifs is 2. The first kappa shape index (κ1) is 17.5. The van der Waals surface area contributed by atoms with Crippen molar-refractivity contribution in [2.75, 3.05) is 19.7 Å². The predicted octanol–water partition coefficient (Wildman–Crippen LogP) is 3.14. The highest BCUT2D eigenvalue weighted by atomic mass is 32.1. The summed E-state index contributed by atoms with van der Waals surface area (Å²) in [5.74, 6) is 0.679. The Morgan fingerprint density at radius 1 is 1.32 bits per heavy atom. The van der Waals surface area contributed by atoms with Crippen molar-refractivity contribution in [1.29, 1.82) is 0 Å². The van der Waals surface area contributed by atoms with Crippen LogP contribution >= 0.6 is 11.3 Å². The zero-order valence-electron chi connectivity index (χ0n) is 15.4. The molecule has 3 aromatic rings. The lowest BCUT2D eigenvalue weighted by Crippen LogP contribution is -2.44. The molecule has 7 heteroatoms. The van der Waals surface area contributed by atoms with Crippen molar-refractivity contribution in [1.82, 2.24) is 15.2 Å². The number of aromatic nitrogens is 1. The molecule has 2 aromatic carbocycles. The van der Waals surface area contributed by atoms with E-state index in [0.29, 0.717) is 25.4 Å². The van der Waals surface area contributed by atoms with E-state index in [1.54, 1.807) is 17.4 Å². The van der Waals surface area contributed by atoms with Gasteiger partial charge in [0.25, 0.3) is 0 Å². The Kier molecular flexibility index (Phi) is 4.41. The molecule has 1 aromatic heterocycles. The number of para-hydroxylation sites is 1. The Balaban J connectivity index is 1.50. The lowest BCUT2D eigenvalue weighted by Gasteiger charge is -2.23. The standard InChI is InChI=1S/C21H21N3O3S/c25-17-11-13(20-23-15-4-1-2-6-18(15)28-20)10-14-12-24(8-9-27-19(14)17)21(26)16-5-3-7-22-16/h1-2,4,6,10-11,16,22,25H,3,5,7-9,12H2/t16-/m0/s1. The average Bonchev–Trinajstić information content (AvgIpc) is 3.33. The number of hydrogen-bond acceptors (Lipinski definition) is 6. The third kappa shape index (κ3) is 3.10. The summed E-state index contributed by atoms with van der Waals surface area (Å²) in [4.78, 5) is 19.4. The van der Waals surface area contributed by atoms with Gasteiger partial charge in [0.1, 0.15) is 11.6 Å². The molecule has 2 aliphatic heterocycles. The molecule has 2 aliphatic rings. The van der Waals surface area contributed by atoms with Gasteiger partial charge in [-0.05, 0) is 43.7 Å². The minimum atomic E-state index is -0.109. The van der Waals surface area contributed by atoms with Crippen LogP contribution < -0.4 is 10.1 Å². The fraction of sp³-hybridized carbons (Fsp3) is 0.333. The number of hydrogen-bond donors (Lipinski definition) is 2. The molecule has 1 saturated heterocycles. The zero-order valence-corrected chi connectivity index (χ0v) is 16.2. The molecule has 6 nitrogen and oxygen atoms in total. The molecule has 1 fully saturated rings. The number of benzene rings is 2. The summed E-state index contributed by atoms with van der Waals surface area (Å²) in [7, 11) is 0. The summed E-state index contributed by atoms with van der Waals surface area (Å²) in [6.07, 6.45) is 1.90. The Bertz CT molecular complexity index is 1010. The molecule has 0 bridgehead atoms. The minimum absolute atomic E-state index is 0.0973. The van der Waals surface area contributed by atoms with Gasteiger partial charge in [-0.15, -0.1) is 11.3 Å². The Morgan fingerprint density at radius 3 is 3.04 bits per heavy atom. The third-order valence-corrected chi connectivity index (χ3v) is 6.41. The van der Waals surface area contributed by atoms with E-state index in [4.69, 9.17) is 4.74 Å². The summed E-state index contributed by atoms with van der Waals surface area (Å²) in [6, 6.07) is 11.6. The van der Waals surface area contributed by atoms with Gasteiger partial charge in [-0.25, -0.2) is 4.98 Å². The highest BCUT2D eigenvalue weighted by molar-refractivity contribution is 7.21. The third-order valence-electron chi connectivity index (χ3n) is 5.33. The number of rotatable bonds is 2. The van der Waals surface area contributed by atoms with Gasteiger partial charge < -0.3 is 20.1 Å². The molecule has 0 spiro atoms. The van der Waals surface area contributed by atoms with Crippen LogP contribution in [-0.4, -0.2) is 46.6 Å². The quantitative estimate of drug-likeness (QED) is 0.697. The number of nitrogens with one attached hydrogen (secondary N) is 1. The van der Waals surface area contributed by atoms with E-state index in [9.17, 15) is 9.90 Å². The number of thiazole rings is 1. The number of carbonyl (C=O) groups is 1. The van der Waals surface area contributed by atoms with Gasteiger partial charge in [-0.3, -0.25) is 4.79 Å².